The van der Waals surface area contributed by atoms with Crippen LogP contribution in [0.1, 0.15) is 17.0 Å². The van der Waals surface area contributed by atoms with Gasteiger partial charge in [0.1, 0.15) is 12.1 Å². The van der Waals surface area contributed by atoms with Crippen LogP contribution in [-0.4, -0.2) is 38.1 Å². The summed E-state index contributed by atoms with van der Waals surface area (Å²) < 4.78 is 49.7. The summed E-state index contributed by atoms with van der Waals surface area (Å²) in [6.45, 7) is 3.83. The number of amides is 2. The molecule has 13 heteroatoms. The maximum Gasteiger partial charge on any atom is 0.573 e. The van der Waals surface area contributed by atoms with Crippen LogP contribution in [0.2, 0.25) is 0 Å². The molecule has 39 heavy (non-hydrogen) atoms. The summed E-state index contributed by atoms with van der Waals surface area (Å²) in [6, 6.07) is 14.4. The van der Waals surface area contributed by atoms with Crippen molar-refractivity contribution in [2.75, 3.05) is 5.32 Å². The molecule has 0 aliphatic heterocycles. The lowest BCUT2D eigenvalue weighted by atomic mass is 10.1. The standard InChI is InChI=1S/C26H20F3N7O2S/c1-15-4-3-5-16(2)23(15)34-25(37)35-39-32-13-22-30-12-19-20(33-22)10-11-21-24(19)31-14-36(21)17-6-8-18(9-7-17)38-26(27,28)29/h3-14H,1-2H3,(H2,34,35,37). The average molecular weight is 552 g/mol. The number of halogens is 3. The topological polar surface area (TPSA) is 106 Å². The fraction of sp³-hybridized carbons (Fsp3) is 0.115. The Bertz CT molecular complexity index is 1680. The Labute approximate surface area is 224 Å². The van der Waals surface area contributed by atoms with E-state index >= 15 is 0 Å². The van der Waals surface area contributed by atoms with E-state index in [0.29, 0.717) is 27.9 Å². The number of urea groups is 1. The van der Waals surface area contributed by atoms with E-state index in [1.165, 1.54) is 30.5 Å². The molecule has 9 nitrogen and oxygen atoms in total. The Morgan fingerprint density at radius 2 is 1.79 bits per heavy atom. The Kier molecular flexibility index (Phi) is 7.07. The van der Waals surface area contributed by atoms with Gasteiger partial charge in [0.05, 0.1) is 34.9 Å². The maximum atomic E-state index is 12.4. The van der Waals surface area contributed by atoms with Crippen LogP contribution in [0.5, 0.6) is 5.75 Å². The van der Waals surface area contributed by atoms with Crippen LogP contribution in [0.15, 0.2) is 71.5 Å². The number of nitrogens with one attached hydrogen (secondary N) is 2. The molecule has 198 valence electrons. The molecule has 0 fully saturated rings. The third kappa shape index (κ3) is 5.93. The number of rotatable bonds is 6. The Morgan fingerprint density at radius 3 is 2.51 bits per heavy atom. The van der Waals surface area contributed by atoms with Crippen molar-refractivity contribution in [2.45, 2.75) is 20.2 Å². The third-order valence-corrected chi connectivity index (χ3v) is 6.21. The SMILES string of the molecule is Cc1cccc(C)c1NC(=O)NSN=Cc1ncc2c(ccc3c2ncn3-c2ccc(OC(F)(F)F)cc2)n1. The zero-order chi connectivity index (χ0) is 27.6. The molecule has 3 aromatic carbocycles. The van der Waals surface area contributed by atoms with Gasteiger partial charge in [-0.3, -0.25) is 9.29 Å². The predicted octanol–water partition coefficient (Wildman–Crippen LogP) is 6.29. The highest BCUT2D eigenvalue weighted by molar-refractivity contribution is 7.96. The average Bonchev–Trinajstić information content (AvgIpc) is 3.33. The number of imidazole rings is 1. The largest absolute Gasteiger partial charge is 0.573 e. The van der Waals surface area contributed by atoms with E-state index in [1.807, 2.05) is 38.1 Å². The molecule has 5 rings (SSSR count). The van der Waals surface area contributed by atoms with Gasteiger partial charge in [-0.15, -0.1) is 13.2 Å². The van der Waals surface area contributed by atoms with Gasteiger partial charge in [0.2, 0.25) is 0 Å². The van der Waals surface area contributed by atoms with Gasteiger partial charge >= 0.3 is 12.4 Å². The number of para-hydroxylation sites is 1. The summed E-state index contributed by atoms with van der Waals surface area (Å²) in [5.74, 6) is 0.0325. The fourth-order valence-electron chi connectivity index (χ4n) is 3.97. The summed E-state index contributed by atoms with van der Waals surface area (Å²) in [7, 11) is 0. The van der Waals surface area contributed by atoms with E-state index in [9.17, 15) is 18.0 Å². The van der Waals surface area contributed by atoms with Crippen molar-refractivity contribution >= 4 is 52.0 Å². The molecule has 2 heterocycles. The maximum absolute atomic E-state index is 12.4. The Hall–Kier alpha value is -4.65. The van der Waals surface area contributed by atoms with E-state index < -0.39 is 12.4 Å². The first kappa shape index (κ1) is 26.0. The normalized spacial score (nSPS) is 11.8. The smallest absolute Gasteiger partial charge is 0.406 e. The molecular formula is C26H20F3N7O2S. The zero-order valence-corrected chi connectivity index (χ0v) is 21.3. The van der Waals surface area contributed by atoms with Crippen molar-refractivity contribution in [3.8, 4) is 11.4 Å². The first-order valence-corrected chi connectivity index (χ1v) is 12.3. The molecule has 2 amide bonds. The molecule has 0 radical (unpaired) electrons. The first-order chi connectivity index (χ1) is 18.7. The van der Waals surface area contributed by atoms with Crippen LogP contribution in [0.25, 0.3) is 27.6 Å². The fourth-order valence-corrected chi connectivity index (χ4v) is 4.30. The summed E-state index contributed by atoms with van der Waals surface area (Å²) >= 11 is 0.840. The van der Waals surface area contributed by atoms with Crippen molar-refractivity contribution in [1.29, 1.82) is 0 Å². The van der Waals surface area contributed by atoms with E-state index in [0.717, 1.165) is 34.5 Å². The second kappa shape index (κ2) is 10.6. The first-order valence-electron chi connectivity index (χ1n) is 11.5. The number of alkyl halides is 3. The lowest BCUT2D eigenvalue weighted by molar-refractivity contribution is -0.274. The number of aromatic nitrogens is 4. The minimum atomic E-state index is -4.75. The van der Waals surface area contributed by atoms with Gasteiger partial charge in [0.25, 0.3) is 0 Å². The highest BCUT2D eigenvalue weighted by atomic mass is 32.2. The lowest BCUT2D eigenvalue weighted by Gasteiger charge is -2.10. The Balaban J connectivity index is 1.27. The van der Waals surface area contributed by atoms with Gasteiger partial charge in [-0.05, 0) is 61.4 Å². The molecule has 0 aliphatic carbocycles. The van der Waals surface area contributed by atoms with Crippen LogP contribution in [0.3, 0.4) is 0 Å². The van der Waals surface area contributed by atoms with Crippen LogP contribution < -0.4 is 14.8 Å². The number of fused-ring (bicyclic) bond motifs is 3. The van der Waals surface area contributed by atoms with E-state index in [-0.39, 0.29) is 5.75 Å². The quantitative estimate of drug-likeness (QED) is 0.190. The van der Waals surface area contributed by atoms with Gasteiger partial charge < -0.3 is 10.1 Å². The summed E-state index contributed by atoms with van der Waals surface area (Å²) in [6.07, 6.45) is -0.132. The Morgan fingerprint density at radius 1 is 1.05 bits per heavy atom. The number of hydrogen-bond donors (Lipinski definition) is 2. The van der Waals surface area contributed by atoms with Crippen molar-refractivity contribution < 1.29 is 22.7 Å². The van der Waals surface area contributed by atoms with Crippen LogP contribution in [-0.2, 0) is 0 Å². The van der Waals surface area contributed by atoms with Crippen LogP contribution >= 0.6 is 12.1 Å². The molecule has 0 saturated carbocycles. The van der Waals surface area contributed by atoms with Crippen LogP contribution in [0.4, 0.5) is 23.7 Å². The predicted molar refractivity (Wildman–Crippen MR) is 144 cm³/mol. The minimum Gasteiger partial charge on any atom is -0.406 e. The molecular weight excluding hydrogens is 531 g/mol. The van der Waals surface area contributed by atoms with Gasteiger partial charge in [-0.25, -0.2) is 19.7 Å². The molecule has 0 spiro atoms. The molecule has 0 bridgehead atoms. The highest BCUT2D eigenvalue weighted by Gasteiger charge is 2.31. The number of carbonyl (C=O) groups excluding carboxylic acids is 1. The van der Waals surface area contributed by atoms with E-state index in [4.69, 9.17) is 0 Å². The second-order valence-corrected chi connectivity index (χ2v) is 9.00. The van der Waals surface area contributed by atoms with E-state index in [1.54, 1.807) is 23.2 Å². The van der Waals surface area contributed by atoms with Crippen LogP contribution in [0, 0.1) is 13.8 Å². The number of ether oxygens (including phenoxy) is 1. The van der Waals surface area contributed by atoms with E-state index in [2.05, 4.69) is 34.1 Å². The number of anilines is 1. The van der Waals surface area contributed by atoms with Crippen molar-refractivity contribution in [3.63, 3.8) is 0 Å². The molecule has 5 aromatic rings. The number of nitrogens with zero attached hydrogens (tertiary/aromatic N) is 5. The van der Waals surface area contributed by atoms with Gasteiger partial charge in [-0.1, -0.05) is 18.2 Å². The minimum absolute atomic E-state index is 0.306. The molecule has 0 aliphatic rings. The lowest BCUT2D eigenvalue weighted by Crippen LogP contribution is -2.23. The molecule has 2 N–H and O–H groups in total. The number of aryl methyl sites for hydroxylation is 2. The molecule has 2 aromatic heterocycles. The zero-order valence-electron chi connectivity index (χ0n) is 20.5. The molecule has 0 unspecified atom stereocenters. The summed E-state index contributed by atoms with van der Waals surface area (Å²) in [5, 5.41) is 3.50. The number of carbonyl (C=O) groups is 1. The third-order valence-electron chi connectivity index (χ3n) is 5.72. The van der Waals surface area contributed by atoms with Crippen molar-refractivity contribution in [1.82, 2.24) is 24.2 Å². The highest BCUT2D eigenvalue weighted by Crippen LogP contribution is 2.27. The monoisotopic (exact) mass is 551 g/mol. The number of hydrogen-bond acceptors (Lipinski definition) is 7. The van der Waals surface area contributed by atoms with Crippen molar-refractivity contribution in [2.24, 2.45) is 4.40 Å². The molecule has 0 saturated heterocycles. The van der Waals surface area contributed by atoms with Gasteiger partial charge in [0.15, 0.2) is 5.82 Å². The van der Waals surface area contributed by atoms with Gasteiger partial charge in [-0.2, -0.15) is 4.40 Å². The second-order valence-electron chi connectivity index (χ2n) is 8.40. The summed E-state index contributed by atoms with van der Waals surface area (Å²) in [5.41, 5.74) is 5.26. The summed E-state index contributed by atoms with van der Waals surface area (Å²) in [4.78, 5) is 25.5. The van der Waals surface area contributed by atoms with Crippen molar-refractivity contribution in [3.05, 3.63) is 84.1 Å². The molecule has 0 atom stereocenters. The number of benzene rings is 3. The van der Waals surface area contributed by atoms with Gasteiger partial charge in [0, 0.05) is 23.0 Å².